The Bertz CT molecular complexity index is 476. The van der Waals surface area contributed by atoms with Gasteiger partial charge in [-0.2, -0.15) is 0 Å². The zero-order valence-corrected chi connectivity index (χ0v) is 12.3. The van der Waals surface area contributed by atoms with Crippen LogP contribution in [0.2, 0.25) is 0 Å². The summed E-state index contributed by atoms with van der Waals surface area (Å²) in [5.74, 6) is -0.989. The zero-order valence-electron chi connectivity index (χ0n) is 12.3. The summed E-state index contributed by atoms with van der Waals surface area (Å²) in [4.78, 5) is 12.1. The van der Waals surface area contributed by atoms with Crippen LogP contribution in [0.3, 0.4) is 0 Å². The fraction of sp³-hybridized carbons (Fsp3) is 0.533. The third-order valence-corrected chi connectivity index (χ3v) is 2.66. The number of anilines is 1. The maximum absolute atomic E-state index is 13.6. The minimum Gasteiger partial charge on any atom is -0.399 e. The molecule has 0 spiro atoms. The Kier molecular flexibility index (Phi) is 4.23. The summed E-state index contributed by atoms with van der Waals surface area (Å²) in [7, 11) is 0. The van der Waals surface area contributed by atoms with Crippen molar-refractivity contribution in [1.29, 1.82) is 0 Å². The van der Waals surface area contributed by atoms with E-state index >= 15 is 0 Å². The predicted molar refractivity (Wildman–Crippen MR) is 76.4 cm³/mol. The zero-order chi connectivity index (χ0) is 14.8. The number of nitrogens with two attached hydrogens (primary N) is 1. The molecule has 1 rings (SSSR count). The van der Waals surface area contributed by atoms with Crippen LogP contribution in [0.15, 0.2) is 18.2 Å². The van der Waals surface area contributed by atoms with E-state index < -0.39 is 17.3 Å². The lowest BCUT2D eigenvalue weighted by atomic mass is 9.81. The molecule has 0 bridgehead atoms. The molecule has 106 valence electrons. The molecule has 0 saturated heterocycles. The van der Waals surface area contributed by atoms with Crippen molar-refractivity contribution in [1.82, 2.24) is 5.32 Å². The summed E-state index contributed by atoms with van der Waals surface area (Å²) < 4.78 is 13.6. The van der Waals surface area contributed by atoms with Crippen molar-refractivity contribution in [2.24, 2.45) is 5.41 Å². The van der Waals surface area contributed by atoms with E-state index in [0.717, 1.165) is 6.42 Å². The fourth-order valence-electron chi connectivity index (χ4n) is 2.46. The van der Waals surface area contributed by atoms with Crippen LogP contribution in [-0.4, -0.2) is 11.4 Å². The van der Waals surface area contributed by atoms with Gasteiger partial charge in [-0.3, -0.25) is 4.79 Å². The first-order valence-electron chi connectivity index (χ1n) is 6.38. The molecule has 4 heteroatoms. The Morgan fingerprint density at radius 1 is 1.26 bits per heavy atom. The maximum atomic E-state index is 13.6. The van der Waals surface area contributed by atoms with Crippen molar-refractivity contribution in [3.63, 3.8) is 0 Å². The summed E-state index contributed by atoms with van der Waals surface area (Å²) in [6.07, 6.45) is 0.787. The lowest BCUT2D eigenvalue weighted by Crippen LogP contribution is -2.46. The summed E-state index contributed by atoms with van der Waals surface area (Å²) in [5, 5.41) is 2.86. The molecule has 0 saturated carbocycles. The van der Waals surface area contributed by atoms with Crippen molar-refractivity contribution >= 4 is 11.6 Å². The van der Waals surface area contributed by atoms with E-state index in [2.05, 4.69) is 26.1 Å². The highest BCUT2D eigenvalue weighted by molar-refractivity contribution is 5.95. The second kappa shape index (κ2) is 5.19. The van der Waals surface area contributed by atoms with E-state index in [0.29, 0.717) is 5.69 Å². The highest BCUT2D eigenvalue weighted by atomic mass is 19.1. The van der Waals surface area contributed by atoms with Gasteiger partial charge in [-0.05, 0) is 43.9 Å². The molecule has 0 aromatic heterocycles. The number of carbonyl (C=O) groups is 1. The second-order valence-electron chi connectivity index (χ2n) is 6.81. The molecule has 0 aliphatic carbocycles. The van der Waals surface area contributed by atoms with E-state index in [1.165, 1.54) is 18.2 Å². The first-order valence-corrected chi connectivity index (χ1v) is 6.38. The lowest BCUT2D eigenvalue weighted by Gasteiger charge is -2.33. The van der Waals surface area contributed by atoms with Crippen LogP contribution in [0.1, 0.15) is 51.4 Å². The largest absolute Gasteiger partial charge is 0.399 e. The normalized spacial score (nSPS) is 12.3. The average molecular weight is 266 g/mol. The van der Waals surface area contributed by atoms with Gasteiger partial charge in [0.25, 0.3) is 5.91 Å². The highest BCUT2D eigenvalue weighted by Gasteiger charge is 2.28. The number of hydrogen-bond acceptors (Lipinski definition) is 2. The van der Waals surface area contributed by atoms with Crippen LogP contribution in [0.4, 0.5) is 10.1 Å². The van der Waals surface area contributed by atoms with Gasteiger partial charge in [0, 0.05) is 11.2 Å². The smallest absolute Gasteiger partial charge is 0.254 e. The number of benzene rings is 1. The van der Waals surface area contributed by atoms with Crippen molar-refractivity contribution in [3.05, 3.63) is 29.6 Å². The van der Waals surface area contributed by atoms with Crippen LogP contribution in [0, 0.1) is 11.2 Å². The van der Waals surface area contributed by atoms with Gasteiger partial charge < -0.3 is 11.1 Å². The van der Waals surface area contributed by atoms with Gasteiger partial charge in [-0.15, -0.1) is 0 Å². The average Bonchev–Trinajstić information content (AvgIpc) is 2.16. The third kappa shape index (κ3) is 4.89. The molecular weight excluding hydrogens is 243 g/mol. The Morgan fingerprint density at radius 3 is 2.37 bits per heavy atom. The molecule has 3 nitrogen and oxygen atoms in total. The number of carbonyl (C=O) groups excluding carboxylic acids is 1. The minimum absolute atomic E-state index is 0.0121. The van der Waals surface area contributed by atoms with Gasteiger partial charge in [-0.1, -0.05) is 20.8 Å². The van der Waals surface area contributed by atoms with Crippen molar-refractivity contribution < 1.29 is 9.18 Å². The number of rotatable bonds is 3. The Hall–Kier alpha value is -1.58. The lowest BCUT2D eigenvalue weighted by molar-refractivity contribution is 0.0887. The molecule has 0 radical (unpaired) electrons. The highest BCUT2D eigenvalue weighted by Crippen LogP contribution is 2.27. The molecule has 19 heavy (non-hydrogen) atoms. The van der Waals surface area contributed by atoms with E-state index in [4.69, 9.17) is 5.73 Å². The van der Waals surface area contributed by atoms with Crippen LogP contribution in [-0.2, 0) is 0 Å². The van der Waals surface area contributed by atoms with E-state index in [9.17, 15) is 9.18 Å². The molecule has 0 aliphatic heterocycles. The van der Waals surface area contributed by atoms with Gasteiger partial charge in [-0.25, -0.2) is 4.39 Å². The predicted octanol–water partition coefficient (Wildman–Crippen LogP) is 3.35. The van der Waals surface area contributed by atoms with Crippen molar-refractivity contribution in [3.8, 4) is 0 Å². The van der Waals surface area contributed by atoms with Gasteiger partial charge >= 0.3 is 0 Å². The van der Waals surface area contributed by atoms with Gasteiger partial charge in [0.05, 0.1) is 5.56 Å². The van der Waals surface area contributed by atoms with Crippen LogP contribution >= 0.6 is 0 Å². The number of hydrogen-bond donors (Lipinski definition) is 2. The molecular formula is C15H23FN2O. The molecule has 0 heterocycles. The summed E-state index contributed by atoms with van der Waals surface area (Å²) in [5.41, 5.74) is 5.61. The van der Waals surface area contributed by atoms with Gasteiger partial charge in [0.2, 0.25) is 0 Å². The quantitative estimate of drug-likeness (QED) is 0.824. The van der Waals surface area contributed by atoms with E-state index in [1.807, 2.05) is 13.8 Å². The molecule has 1 amide bonds. The summed E-state index contributed by atoms with van der Waals surface area (Å²) in [6, 6.07) is 4.01. The fourth-order valence-corrected chi connectivity index (χ4v) is 2.46. The number of amides is 1. The second-order valence-corrected chi connectivity index (χ2v) is 6.81. The molecule has 1 aromatic rings. The number of nitrogens with one attached hydrogen (secondary N) is 1. The SMILES string of the molecule is CC(C)(C)CC(C)(C)NC(=O)c1cc(N)ccc1F. The summed E-state index contributed by atoms with van der Waals surface area (Å²) in [6.45, 7) is 10.2. The monoisotopic (exact) mass is 266 g/mol. The standard InChI is InChI=1S/C15H23FN2O/c1-14(2,3)9-15(4,5)18-13(19)11-8-10(17)6-7-12(11)16/h6-8H,9,17H2,1-5H3,(H,18,19). The van der Waals surface area contributed by atoms with Crippen molar-refractivity contribution in [2.75, 3.05) is 5.73 Å². The van der Waals surface area contributed by atoms with Crippen molar-refractivity contribution in [2.45, 2.75) is 46.6 Å². The first-order chi connectivity index (χ1) is 8.50. The number of nitrogen functional groups attached to an aromatic ring is 1. The molecule has 0 unspecified atom stereocenters. The topological polar surface area (TPSA) is 55.1 Å². The van der Waals surface area contributed by atoms with Crippen LogP contribution < -0.4 is 11.1 Å². The number of halogens is 1. The molecule has 0 aliphatic rings. The Labute approximate surface area is 114 Å². The Morgan fingerprint density at radius 2 is 1.84 bits per heavy atom. The van der Waals surface area contributed by atoms with Gasteiger partial charge in [0.15, 0.2) is 0 Å². The summed E-state index contributed by atoms with van der Waals surface area (Å²) >= 11 is 0. The molecule has 1 aromatic carbocycles. The molecule has 0 atom stereocenters. The minimum atomic E-state index is -0.557. The molecule has 0 fully saturated rings. The maximum Gasteiger partial charge on any atom is 0.254 e. The Balaban J connectivity index is 2.87. The van der Waals surface area contributed by atoms with E-state index in [-0.39, 0.29) is 11.0 Å². The van der Waals surface area contributed by atoms with E-state index in [1.54, 1.807) is 0 Å². The first kappa shape index (κ1) is 15.5. The molecule has 3 N–H and O–H groups in total. The van der Waals surface area contributed by atoms with Gasteiger partial charge in [0.1, 0.15) is 5.82 Å². The third-order valence-electron chi connectivity index (χ3n) is 2.66. The van der Waals surface area contributed by atoms with Crippen LogP contribution in [0.5, 0.6) is 0 Å². The van der Waals surface area contributed by atoms with Crippen LogP contribution in [0.25, 0.3) is 0 Å².